The molecule has 0 saturated carbocycles. The monoisotopic (exact) mass is 299 g/mol. The van der Waals surface area contributed by atoms with E-state index in [-0.39, 0.29) is 35.6 Å². The molecule has 1 unspecified atom stereocenters. The van der Waals surface area contributed by atoms with Gasteiger partial charge in [-0.3, -0.25) is 4.79 Å². The molecule has 0 radical (unpaired) electrons. The smallest absolute Gasteiger partial charge is 0.221 e. The third-order valence-corrected chi connectivity index (χ3v) is 4.63. The molecule has 0 aliphatic heterocycles. The van der Waals surface area contributed by atoms with Gasteiger partial charge >= 0.3 is 0 Å². The molecule has 1 amide bonds. The maximum atomic E-state index is 12.0. The summed E-state index contributed by atoms with van der Waals surface area (Å²) in [7, 11) is -3.41. The molecular weight excluding hydrogens is 278 g/mol. The van der Waals surface area contributed by atoms with Crippen LogP contribution in [-0.4, -0.2) is 37.8 Å². The zero-order valence-electron chi connectivity index (χ0n) is 11.6. The van der Waals surface area contributed by atoms with E-state index >= 15 is 0 Å². The Hall–Kier alpha value is -1.40. The van der Waals surface area contributed by atoms with Crippen molar-refractivity contribution in [3.63, 3.8) is 0 Å². The fourth-order valence-corrected chi connectivity index (χ4v) is 3.05. The highest BCUT2D eigenvalue weighted by atomic mass is 32.2. The van der Waals surface area contributed by atoms with Gasteiger partial charge in [-0.1, -0.05) is 18.2 Å². The maximum Gasteiger partial charge on any atom is 0.221 e. The van der Waals surface area contributed by atoms with Crippen LogP contribution in [-0.2, 0) is 14.6 Å². The normalized spacial score (nSPS) is 12.9. The van der Waals surface area contributed by atoms with Crippen molar-refractivity contribution in [2.45, 2.75) is 37.1 Å². The lowest BCUT2D eigenvalue weighted by Crippen LogP contribution is -2.33. The second-order valence-corrected chi connectivity index (χ2v) is 6.83. The van der Waals surface area contributed by atoms with E-state index in [9.17, 15) is 13.2 Å². The standard InChI is InChI=1S/C14H21NO4S/c1-12(6-5-10-16)15-14(17)9-11-20(18,19)13-7-3-2-4-8-13/h2-4,7-8,12,16H,5-6,9-11H2,1H3,(H,15,17). The average molecular weight is 299 g/mol. The van der Waals surface area contributed by atoms with E-state index in [0.717, 1.165) is 0 Å². The summed E-state index contributed by atoms with van der Waals surface area (Å²) >= 11 is 0. The summed E-state index contributed by atoms with van der Waals surface area (Å²) in [4.78, 5) is 11.9. The van der Waals surface area contributed by atoms with Crippen molar-refractivity contribution in [3.8, 4) is 0 Å². The average Bonchev–Trinajstić information content (AvgIpc) is 2.44. The lowest BCUT2D eigenvalue weighted by Gasteiger charge is -2.13. The molecule has 0 fully saturated rings. The summed E-state index contributed by atoms with van der Waals surface area (Å²) in [6.07, 6.45) is 1.23. The molecule has 0 aromatic heterocycles. The topological polar surface area (TPSA) is 83.5 Å². The van der Waals surface area contributed by atoms with Crippen molar-refractivity contribution < 1.29 is 18.3 Å². The van der Waals surface area contributed by atoms with Crippen LogP contribution in [0.3, 0.4) is 0 Å². The van der Waals surface area contributed by atoms with E-state index < -0.39 is 9.84 Å². The predicted molar refractivity (Wildman–Crippen MR) is 77.0 cm³/mol. The van der Waals surface area contributed by atoms with E-state index in [1.165, 1.54) is 12.1 Å². The van der Waals surface area contributed by atoms with Gasteiger partial charge in [0.25, 0.3) is 0 Å². The minimum Gasteiger partial charge on any atom is -0.396 e. The van der Waals surface area contributed by atoms with Crippen molar-refractivity contribution in [1.82, 2.24) is 5.32 Å². The molecule has 20 heavy (non-hydrogen) atoms. The molecule has 112 valence electrons. The first-order chi connectivity index (χ1) is 9.45. The Morgan fingerprint density at radius 3 is 2.55 bits per heavy atom. The first-order valence-corrected chi connectivity index (χ1v) is 8.29. The number of aliphatic hydroxyl groups excluding tert-OH is 1. The molecule has 0 bridgehead atoms. The molecule has 1 aromatic carbocycles. The number of benzene rings is 1. The van der Waals surface area contributed by atoms with E-state index in [1.54, 1.807) is 18.2 Å². The quantitative estimate of drug-likeness (QED) is 0.753. The second kappa shape index (κ2) is 8.01. The lowest BCUT2D eigenvalue weighted by molar-refractivity contribution is -0.121. The number of carbonyl (C=O) groups excluding carboxylic acids is 1. The third-order valence-electron chi connectivity index (χ3n) is 2.90. The van der Waals surface area contributed by atoms with E-state index in [1.807, 2.05) is 6.92 Å². The van der Waals surface area contributed by atoms with Gasteiger partial charge in [0.2, 0.25) is 5.91 Å². The van der Waals surface area contributed by atoms with Gasteiger partial charge in [0.05, 0.1) is 10.6 Å². The van der Waals surface area contributed by atoms with E-state index in [0.29, 0.717) is 12.8 Å². The lowest BCUT2D eigenvalue weighted by atomic mass is 10.2. The Morgan fingerprint density at radius 2 is 1.95 bits per heavy atom. The SMILES string of the molecule is CC(CCCO)NC(=O)CCS(=O)(=O)c1ccccc1. The highest BCUT2D eigenvalue weighted by Crippen LogP contribution is 2.11. The number of hydrogen-bond donors (Lipinski definition) is 2. The van der Waals surface area contributed by atoms with Gasteiger partial charge in [-0.2, -0.15) is 0 Å². The zero-order chi connectivity index (χ0) is 15.0. The van der Waals surface area contributed by atoms with Crippen LogP contribution >= 0.6 is 0 Å². The first-order valence-electron chi connectivity index (χ1n) is 6.63. The van der Waals surface area contributed by atoms with Crippen LogP contribution in [0.2, 0.25) is 0 Å². The largest absolute Gasteiger partial charge is 0.396 e. The number of amides is 1. The minimum atomic E-state index is -3.41. The first kappa shape index (κ1) is 16.7. The molecule has 1 atom stereocenters. The molecule has 0 aliphatic carbocycles. The van der Waals surface area contributed by atoms with Gasteiger partial charge in [0, 0.05) is 19.1 Å². The summed E-state index contributed by atoms with van der Waals surface area (Å²) in [5.74, 6) is -0.481. The fraction of sp³-hybridized carbons (Fsp3) is 0.500. The summed E-state index contributed by atoms with van der Waals surface area (Å²) in [6.45, 7) is 1.92. The van der Waals surface area contributed by atoms with Crippen molar-refractivity contribution in [3.05, 3.63) is 30.3 Å². The van der Waals surface area contributed by atoms with Crippen LogP contribution < -0.4 is 5.32 Å². The molecule has 1 aromatic rings. The number of carbonyl (C=O) groups is 1. The van der Waals surface area contributed by atoms with Crippen LogP contribution in [0.15, 0.2) is 35.2 Å². The second-order valence-electron chi connectivity index (χ2n) is 4.72. The molecule has 1 rings (SSSR count). The highest BCUT2D eigenvalue weighted by Gasteiger charge is 2.16. The molecule has 0 saturated heterocycles. The zero-order valence-corrected chi connectivity index (χ0v) is 12.4. The van der Waals surface area contributed by atoms with Crippen molar-refractivity contribution in [1.29, 1.82) is 0 Å². The van der Waals surface area contributed by atoms with E-state index in [4.69, 9.17) is 5.11 Å². The summed E-state index contributed by atoms with van der Waals surface area (Å²) in [6, 6.07) is 8.05. The number of nitrogens with one attached hydrogen (secondary N) is 1. The number of rotatable bonds is 8. The molecule has 2 N–H and O–H groups in total. The van der Waals surface area contributed by atoms with Crippen molar-refractivity contribution in [2.24, 2.45) is 0 Å². The van der Waals surface area contributed by atoms with Gasteiger partial charge < -0.3 is 10.4 Å². The van der Waals surface area contributed by atoms with Crippen LogP contribution in [0.4, 0.5) is 0 Å². The highest BCUT2D eigenvalue weighted by molar-refractivity contribution is 7.91. The summed E-state index contributed by atoms with van der Waals surface area (Å²) in [5, 5.41) is 11.4. The Morgan fingerprint density at radius 1 is 1.30 bits per heavy atom. The van der Waals surface area contributed by atoms with Gasteiger partial charge in [-0.15, -0.1) is 0 Å². The maximum absolute atomic E-state index is 12.0. The van der Waals surface area contributed by atoms with Crippen LogP contribution in [0.25, 0.3) is 0 Å². The van der Waals surface area contributed by atoms with Gasteiger partial charge in [-0.05, 0) is 31.9 Å². The van der Waals surface area contributed by atoms with Crippen LogP contribution in [0.5, 0.6) is 0 Å². The van der Waals surface area contributed by atoms with E-state index in [2.05, 4.69) is 5.32 Å². The van der Waals surface area contributed by atoms with Crippen LogP contribution in [0, 0.1) is 0 Å². The molecule has 0 heterocycles. The molecule has 5 nitrogen and oxygen atoms in total. The Bertz CT molecular complexity index is 513. The van der Waals surface area contributed by atoms with Crippen molar-refractivity contribution >= 4 is 15.7 Å². The van der Waals surface area contributed by atoms with Crippen LogP contribution in [0.1, 0.15) is 26.2 Å². The molecule has 6 heteroatoms. The van der Waals surface area contributed by atoms with Gasteiger partial charge in [-0.25, -0.2) is 8.42 Å². The molecule has 0 aliphatic rings. The molecule has 0 spiro atoms. The number of hydrogen-bond acceptors (Lipinski definition) is 4. The minimum absolute atomic E-state index is 0.0549. The Kier molecular flexibility index (Phi) is 6.67. The van der Waals surface area contributed by atoms with Gasteiger partial charge in [0.1, 0.15) is 0 Å². The third kappa shape index (κ3) is 5.71. The van der Waals surface area contributed by atoms with Gasteiger partial charge in [0.15, 0.2) is 9.84 Å². The fourth-order valence-electron chi connectivity index (χ4n) is 1.79. The summed E-state index contributed by atoms with van der Waals surface area (Å²) < 4.78 is 24.0. The Labute approximate surface area is 119 Å². The summed E-state index contributed by atoms with van der Waals surface area (Å²) in [5.41, 5.74) is 0. The molecular formula is C14H21NO4S. The van der Waals surface area contributed by atoms with Crippen molar-refractivity contribution in [2.75, 3.05) is 12.4 Å². The Balaban J connectivity index is 2.45. The number of aliphatic hydroxyl groups is 1. The number of sulfone groups is 1. The predicted octanol–water partition coefficient (Wildman–Crippen LogP) is 1.13.